The molecule has 0 saturated carbocycles. The number of carbonyl (C=O) groups is 2. The highest BCUT2D eigenvalue weighted by Crippen LogP contribution is 2.22. The Morgan fingerprint density at radius 2 is 2.05 bits per heavy atom. The van der Waals surface area contributed by atoms with Crippen molar-refractivity contribution in [3.8, 4) is 0 Å². The largest absolute Gasteiger partial charge is 0.380 e. The molecular weight excluding hydrogens is 329 g/mol. The van der Waals surface area contributed by atoms with Crippen molar-refractivity contribution in [1.29, 1.82) is 0 Å². The monoisotopic (exact) mass is 349 g/mol. The molecule has 6 nitrogen and oxygen atoms in total. The summed E-state index contributed by atoms with van der Waals surface area (Å²) in [6.45, 7) is 2.01. The van der Waals surface area contributed by atoms with E-state index in [0.717, 1.165) is 5.56 Å². The number of nitrogens with two attached hydrogens (primary N) is 1. The molecule has 0 radical (unpaired) electrons. The first-order chi connectivity index (χ1) is 9.96. The number of methoxy groups -OCH3 is 1. The van der Waals surface area contributed by atoms with Crippen molar-refractivity contribution in [2.24, 2.45) is 5.73 Å². The fraction of sp³-hybridized carbons (Fsp3) is 0.429. The number of carbonyl (C=O) groups excluding carboxylic acids is 2. The van der Waals surface area contributed by atoms with Crippen molar-refractivity contribution >= 4 is 41.5 Å². The van der Waals surface area contributed by atoms with Gasteiger partial charge in [0.05, 0.1) is 29.8 Å². The van der Waals surface area contributed by atoms with Gasteiger partial charge in [0.15, 0.2) is 0 Å². The summed E-state index contributed by atoms with van der Waals surface area (Å²) in [7, 11) is 1.48. The molecule has 0 aliphatic carbocycles. The molecule has 0 saturated heterocycles. The number of hydrogen-bond acceptors (Lipinski definition) is 4. The minimum Gasteiger partial charge on any atom is -0.380 e. The van der Waals surface area contributed by atoms with E-state index in [-0.39, 0.29) is 49.8 Å². The number of amides is 2. The Morgan fingerprint density at radius 1 is 1.36 bits per heavy atom. The van der Waals surface area contributed by atoms with Gasteiger partial charge in [-0.1, -0.05) is 17.7 Å². The standard InChI is InChI=1S/C14H20ClN3O3.ClH/c1-9-3-4-12(11(15)5-9)18-14(20)8-17-13(19)6-10(7-16)21-2;/h3-5,10H,6-8,16H2,1-2H3,(H,17,19)(H,18,20);1H. The zero-order chi connectivity index (χ0) is 15.8. The molecule has 2 amide bonds. The number of halogens is 2. The molecule has 1 unspecified atom stereocenters. The molecule has 1 aromatic carbocycles. The van der Waals surface area contributed by atoms with Gasteiger partial charge in [-0.25, -0.2) is 0 Å². The molecule has 0 aliphatic heterocycles. The van der Waals surface area contributed by atoms with Gasteiger partial charge in [-0.15, -0.1) is 12.4 Å². The maximum Gasteiger partial charge on any atom is 0.243 e. The van der Waals surface area contributed by atoms with Crippen molar-refractivity contribution in [3.05, 3.63) is 28.8 Å². The number of aryl methyl sites for hydroxylation is 1. The summed E-state index contributed by atoms with van der Waals surface area (Å²) < 4.78 is 5.00. The summed E-state index contributed by atoms with van der Waals surface area (Å²) >= 11 is 6.01. The van der Waals surface area contributed by atoms with Crippen LogP contribution in [-0.4, -0.2) is 38.1 Å². The number of rotatable bonds is 7. The number of anilines is 1. The zero-order valence-corrected chi connectivity index (χ0v) is 14.1. The maximum absolute atomic E-state index is 11.7. The summed E-state index contributed by atoms with van der Waals surface area (Å²) in [5, 5.41) is 5.59. The van der Waals surface area contributed by atoms with Crippen LogP contribution < -0.4 is 16.4 Å². The second-order valence-corrected chi connectivity index (χ2v) is 5.01. The Morgan fingerprint density at radius 3 is 2.59 bits per heavy atom. The molecule has 0 aliphatic rings. The van der Waals surface area contributed by atoms with Gasteiger partial charge in [-0.05, 0) is 24.6 Å². The second kappa shape index (κ2) is 10.4. The molecule has 0 spiro atoms. The van der Waals surface area contributed by atoms with Crippen LogP contribution in [0.25, 0.3) is 0 Å². The Balaban J connectivity index is 0.00000441. The van der Waals surface area contributed by atoms with Gasteiger partial charge in [0, 0.05) is 13.7 Å². The molecule has 1 atom stereocenters. The molecule has 8 heteroatoms. The van der Waals surface area contributed by atoms with Crippen LogP contribution in [0.2, 0.25) is 5.02 Å². The van der Waals surface area contributed by atoms with E-state index in [1.54, 1.807) is 12.1 Å². The van der Waals surface area contributed by atoms with Crippen LogP contribution in [-0.2, 0) is 14.3 Å². The van der Waals surface area contributed by atoms with Gasteiger partial charge < -0.3 is 21.1 Å². The van der Waals surface area contributed by atoms with Crippen LogP contribution in [0.4, 0.5) is 5.69 Å². The van der Waals surface area contributed by atoms with E-state index >= 15 is 0 Å². The minimum absolute atomic E-state index is 0. The van der Waals surface area contributed by atoms with Gasteiger partial charge >= 0.3 is 0 Å². The highest BCUT2D eigenvalue weighted by Gasteiger charge is 2.13. The maximum atomic E-state index is 11.7. The van der Waals surface area contributed by atoms with Gasteiger partial charge in [-0.2, -0.15) is 0 Å². The van der Waals surface area contributed by atoms with E-state index in [1.165, 1.54) is 7.11 Å². The summed E-state index contributed by atoms with van der Waals surface area (Å²) in [4.78, 5) is 23.3. The lowest BCUT2D eigenvalue weighted by molar-refractivity contribution is -0.125. The van der Waals surface area contributed by atoms with Gasteiger partial charge in [-0.3, -0.25) is 9.59 Å². The first kappa shape index (κ1) is 20.7. The smallest absolute Gasteiger partial charge is 0.243 e. The fourth-order valence-electron chi connectivity index (χ4n) is 1.64. The summed E-state index contributed by atoms with van der Waals surface area (Å²) in [5.74, 6) is -0.645. The van der Waals surface area contributed by atoms with E-state index in [0.29, 0.717) is 10.7 Å². The average Bonchev–Trinajstić information content (AvgIpc) is 2.45. The molecule has 0 bridgehead atoms. The Kier molecular flexibility index (Phi) is 9.76. The fourth-order valence-corrected chi connectivity index (χ4v) is 1.92. The minimum atomic E-state index is -0.351. The number of nitrogens with one attached hydrogen (secondary N) is 2. The molecule has 124 valence electrons. The van der Waals surface area contributed by atoms with Gasteiger partial charge in [0.2, 0.25) is 11.8 Å². The quantitative estimate of drug-likeness (QED) is 0.695. The topological polar surface area (TPSA) is 93.4 Å². The lowest BCUT2D eigenvalue weighted by Crippen LogP contribution is -2.36. The van der Waals surface area contributed by atoms with Crippen LogP contribution in [0.15, 0.2) is 18.2 Å². The van der Waals surface area contributed by atoms with E-state index in [2.05, 4.69) is 10.6 Å². The Hall–Kier alpha value is -1.34. The molecule has 22 heavy (non-hydrogen) atoms. The lowest BCUT2D eigenvalue weighted by Gasteiger charge is -2.13. The predicted molar refractivity (Wildman–Crippen MR) is 89.5 cm³/mol. The molecule has 4 N–H and O–H groups in total. The number of ether oxygens (including phenoxy) is 1. The van der Waals surface area contributed by atoms with Crippen molar-refractivity contribution in [3.63, 3.8) is 0 Å². The molecule has 1 rings (SSSR count). The van der Waals surface area contributed by atoms with Crippen molar-refractivity contribution in [1.82, 2.24) is 5.32 Å². The van der Waals surface area contributed by atoms with E-state index in [1.807, 2.05) is 13.0 Å². The van der Waals surface area contributed by atoms with E-state index in [4.69, 9.17) is 22.1 Å². The molecule has 0 aromatic heterocycles. The number of benzene rings is 1. The van der Waals surface area contributed by atoms with Gasteiger partial charge in [0.25, 0.3) is 0 Å². The summed E-state index contributed by atoms with van der Waals surface area (Å²) in [6.07, 6.45) is -0.231. The first-order valence-corrected chi connectivity index (χ1v) is 6.89. The third-order valence-electron chi connectivity index (χ3n) is 2.85. The predicted octanol–water partition coefficient (Wildman–Crippen LogP) is 1.49. The summed E-state index contributed by atoms with van der Waals surface area (Å²) in [5.41, 5.74) is 6.93. The summed E-state index contributed by atoms with van der Waals surface area (Å²) in [6, 6.07) is 5.30. The zero-order valence-electron chi connectivity index (χ0n) is 12.5. The third kappa shape index (κ3) is 7.09. The van der Waals surface area contributed by atoms with Crippen molar-refractivity contribution in [2.45, 2.75) is 19.4 Å². The van der Waals surface area contributed by atoms with Crippen LogP contribution in [0, 0.1) is 6.92 Å². The Bertz CT molecular complexity index is 508. The van der Waals surface area contributed by atoms with Crippen LogP contribution >= 0.6 is 24.0 Å². The van der Waals surface area contributed by atoms with E-state index in [9.17, 15) is 9.59 Å². The van der Waals surface area contributed by atoms with Crippen molar-refractivity contribution in [2.75, 3.05) is 25.5 Å². The SMILES string of the molecule is COC(CN)CC(=O)NCC(=O)Nc1ccc(C)cc1Cl.Cl. The lowest BCUT2D eigenvalue weighted by atomic mass is 10.2. The van der Waals surface area contributed by atoms with Crippen molar-refractivity contribution < 1.29 is 14.3 Å². The first-order valence-electron chi connectivity index (χ1n) is 6.51. The highest BCUT2D eigenvalue weighted by atomic mass is 35.5. The Labute approximate surface area is 141 Å². The van der Waals surface area contributed by atoms with Crippen LogP contribution in [0.1, 0.15) is 12.0 Å². The highest BCUT2D eigenvalue weighted by molar-refractivity contribution is 6.33. The van der Waals surface area contributed by atoms with E-state index < -0.39 is 0 Å². The second-order valence-electron chi connectivity index (χ2n) is 4.61. The molecule has 0 fully saturated rings. The normalized spacial score (nSPS) is 11.3. The average molecular weight is 350 g/mol. The number of hydrogen-bond donors (Lipinski definition) is 3. The molecular formula is C14H21Cl2N3O3. The van der Waals surface area contributed by atoms with Gasteiger partial charge in [0.1, 0.15) is 0 Å². The third-order valence-corrected chi connectivity index (χ3v) is 3.17. The molecule has 0 heterocycles. The van der Waals surface area contributed by atoms with Crippen LogP contribution in [0.3, 0.4) is 0 Å². The molecule has 1 aromatic rings. The van der Waals surface area contributed by atoms with Crippen LogP contribution in [0.5, 0.6) is 0 Å².